The topological polar surface area (TPSA) is 38.5 Å². The van der Waals surface area contributed by atoms with E-state index in [1.807, 2.05) is 6.07 Å². The molecule has 0 bridgehead atoms. The van der Waals surface area contributed by atoms with E-state index in [2.05, 4.69) is 24.0 Å². The molecule has 1 aromatic rings. The SMILES string of the molecule is CCN(C1CC1)C1CCc2ccc(OC)cc2C1N. The van der Waals surface area contributed by atoms with Gasteiger partial charge in [0.15, 0.2) is 0 Å². The Morgan fingerprint density at radius 2 is 2.11 bits per heavy atom. The molecule has 2 aliphatic carbocycles. The van der Waals surface area contributed by atoms with Crippen molar-refractivity contribution in [3.8, 4) is 5.75 Å². The van der Waals surface area contributed by atoms with Gasteiger partial charge in [0.1, 0.15) is 5.75 Å². The summed E-state index contributed by atoms with van der Waals surface area (Å²) in [7, 11) is 1.72. The van der Waals surface area contributed by atoms with E-state index in [0.717, 1.165) is 24.8 Å². The second-order valence-electron chi connectivity index (χ2n) is 5.76. The van der Waals surface area contributed by atoms with Crippen LogP contribution in [0.1, 0.15) is 43.4 Å². The van der Waals surface area contributed by atoms with E-state index in [1.165, 1.54) is 30.4 Å². The quantitative estimate of drug-likeness (QED) is 0.904. The molecule has 2 aliphatic rings. The first-order valence-electron chi connectivity index (χ1n) is 7.42. The molecule has 1 fully saturated rings. The summed E-state index contributed by atoms with van der Waals surface area (Å²) >= 11 is 0. The van der Waals surface area contributed by atoms with Crippen LogP contribution in [0.2, 0.25) is 0 Å². The van der Waals surface area contributed by atoms with Gasteiger partial charge in [-0.25, -0.2) is 0 Å². The van der Waals surface area contributed by atoms with Crippen molar-refractivity contribution in [3.05, 3.63) is 29.3 Å². The average molecular weight is 260 g/mol. The Bertz CT molecular complexity index is 456. The van der Waals surface area contributed by atoms with Crippen molar-refractivity contribution in [2.45, 2.75) is 50.7 Å². The highest BCUT2D eigenvalue weighted by Crippen LogP contribution is 2.38. The number of nitrogens with two attached hydrogens (primary N) is 1. The summed E-state index contributed by atoms with van der Waals surface area (Å²) < 4.78 is 5.34. The third-order valence-electron chi connectivity index (χ3n) is 4.64. The maximum atomic E-state index is 6.56. The standard InChI is InChI=1S/C16H24N2O/c1-3-18(12-6-7-12)15-9-5-11-4-8-13(19-2)10-14(11)16(15)17/h4,8,10,12,15-16H,3,5-7,9,17H2,1-2H3. The van der Waals surface area contributed by atoms with Crippen LogP contribution in [-0.2, 0) is 6.42 Å². The van der Waals surface area contributed by atoms with E-state index in [4.69, 9.17) is 10.5 Å². The molecule has 3 rings (SSSR count). The van der Waals surface area contributed by atoms with Gasteiger partial charge in [0.25, 0.3) is 0 Å². The Morgan fingerprint density at radius 1 is 1.32 bits per heavy atom. The van der Waals surface area contributed by atoms with Crippen LogP contribution in [0, 0.1) is 0 Å². The summed E-state index contributed by atoms with van der Waals surface area (Å²) in [4.78, 5) is 2.62. The van der Waals surface area contributed by atoms with Crippen molar-refractivity contribution in [3.63, 3.8) is 0 Å². The summed E-state index contributed by atoms with van der Waals surface area (Å²) in [5.74, 6) is 0.921. The van der Waals surface area contributed by atoms with Gasteiger partial charge in [-0.2, -0.15) is 0 Å². The number of nitrogens with zero attached hydrogens (tertiary/aromatic N) is 1. The average Bonchev–Trinajstić information content (AvgIpc) is 3.26. The van der Waals surface area contributed by atoms with Crippen LogP contribution in [0.3, 0.4) is 0 Å². The number of hydrogen-bond acceptors (Lipinski definition) is 3. The van der Waals surface area contributed by atoms with E-state index >= 15 is 0 Å². The van der Waals surface area contributed by atoms with Gasteiger partial charge in [0.05, 0.1) is 7.11 Å². The van der Waals surface area contributed by atoms with Gasteiger partial charge in [0.2, 0.25) is 0 Å². The van der Waals surface area contributed by atoms with Gasteiger partial charge >= 0.3 is 0 Å². The summed E-state index contributed by atoms with van der Waals surface area (Å²) in [6.45, 7) is 3.37. The first-order chi connectivity index (χ1) is 9.24. The minimum atomic E-state index is 0.124. The largest absolute Gasteiger partial charge is 0.497 e. The van der Waals surface area contributed by atoms with Crippen molar-refractivity contribution in [1.82, 2.24) is 4.90 Å². The number of benzene rings is 1. The predicted octanol–water partition coefficient (Wildman–Crippen LogP) is 2.49. The molecule has 0 aliphatic heterocycles. The maximum Gasteiger partial charge on any atom is 0.119 e. The number of rotatable bonds is 4. The van der Waals surface area contributed by atoms with E-state index in [0.29, 0.717) is 6.04 Å². The molecule has 0 saturated heterocycles. The van der Waals surface area contributed by atoms with Gasteiger partial charge in [-0.15, -0.1) is 0 Å². The molecule has 3 nitrogen and oxygen atoms in total. The molecule has 0 heterocycles. The molecule has 0 amide bonds. The maximum absolute atomic E-state index is 6.56. The fourth-order valence-electron chi connectivity index (χ4n) is 3.47. The number of aryl methyl sites for hydroxylation is 1. The Kier molecular flexibility index (Phi) is 3.50. The number of fused-ring (bicyclic) bond motifs is 1. The van der Waals surface area contributed by atoms with Gasteiger partial charge in [-0.1, -0.05) is 13.0 Å². The zero-order valence-electron chi connectivity index (χ0n) is 11.9. The smallest absolute Gasteiger partial charge is 0.119 e. The molecule has 19 heavy (non-hydrogen) atoms. The lowest BCUT2D eigenvalue weighted by Crippen LogP contribution is -2.46. The lowest BCUT2D eigenvalue weighted by molar-refractivity contribution is 0.154. The molecule has 2 atom stereocenters. The van der Waals surface area contributed by atoms with Crippen LogP contribution in [-0.4, -0.2) is 30.6 Å². The molecule has 0 radical (unpaired) electrons. The Hall–Kier alpha value is -1.06. The fourth-order valence-corrected chi connectivity index (χ4v) is 3.47. The highest BCUT2D eigenvalue weighted by atomic mass is 16.5. The van der Waals surface area contributed by atoms with E-state index in [1.54, 1.807) is 7.11 Å². The van der Waals surface area contributed by atoms with Crippen LogP contribution in [0.15, 0.2) is 18.2 Å². The second-order valence-corrected chi connectivity index (χ2v) is 5.76. The molecule has 104 valence electrons. The Labute approximate surface area is 115 Å². The first-order valence-corrected chi connectivity index (χ1v) is 7.42. The third kappa shape index (κ3) is 2.37. The summed E-state index contributed by atoms with van der Waals surface area (Å²) in [6, 6.07) is 7.76. The minimum Gasteiger partial charge on any atom is -0.497 e. The van der Waals surface area contributed by atoms with E-state index in [9.17, 15) is 0 Å². The molecular weight excluding hydrogens is 236 g/mol. The lowest BCUT2D eigenvalue weighted by atomic mass is 9.83. The predicted molar refractivity (Wildman–Crippen MR) is 77.4 cm³/mol. The van der Waals surface area contributed by atoms with Crippen LogP contribution in [0.4, 0.5) is 0 Å². The van der Waals surface area contributed by atoms with E-state index < -0.39 is 0 Å². The number of ether oxygens (including phenoxy) is 1. The first kappa shape index (κ1) is 12.9. The van der Waals surface area contributed by atoms with Gasteiger partial charge in [0, 0.05) is 18.1 Å². The molecule has 3 heteroatoms. The molecule has 1 saturated carbocycles. The highest BCUT2D eigenvalue weighted by molar-refractivity contribution is 5.40. The number of hydrogen-bond donors (Lipinski definition) is 1. The Balaban J connectivity index is 1.87. The summed E-state index contributed by atoms with van der Waals surface area (Å²) in [6.07, 6.45) is 5.02. The third-order valence-corrected chi connectivity index (χ3v) is 4.64. The van der Waals surface area contributed by atoms with Crippen LogP contribution in [0.5, 0.6) is 5.75 Å². The molecule has 2 unspecified atom stereocenters. The van der Waals surface area contributed by atoms with Crippen molar-refractivity contribution in [1.29, 1.82) is 0 Å². The number of methoxy groups -OCH3 is 1. The van der Waals surface area contributed by atoms with Crippen LogP contribution < -0.4 is 10.5 Å². The summed E-state index contributed by atoms with van der Waals surface area (Å²) in [5.41, 5.74) is 9.25. The molecule has 1 aromatic carbocycles. The second kappa shape index (κ2) is 5.14. The molecular formula is C16H24N2O. The highest BCUT2D eigenvalue weighted by Gasteiger charge is 2.38. The van der Waals surface area contributed by atoms with Crippen molar-refractivity contribution in [2.24, 2.45) is 5.73 Å². The van der Waals surface area contributed by atoms with Gasteiger partial charge in [-0.3, -0.25) is 4.90 Å². The van der Waals surface area contributed by atoms with Crippen LogP contribution >= 0.6 is 0 Å². The minimum absolute atomic E-state index is 0.124. The van der Waals surface area contributed by atoms with E-state index in [-0.39, 0.29) is 6.04 Å². The zero-order valence-corrected chi connectivity index (χ0v) is 11.9. The van der Waals surface area contributed by atoms with Crippen molar-refractivity contribution < 1.29 is 4.74 Å². The normalized spacial score (nSPS) is 26.3. The molecule has 0 aromatic heterocycles. The Morgan fingerprint density at radius 3 is 2.74 bits per heavy atom. The van der Waals surface area contributed by atoms with Crippen LogP contribution in [0.25, 0.3) is 0 Å². The molecule has 0 spiro atoms. The monoisotopic (exact) mass is 260 g/mol. The summed E-state index contributed by atoms with van der Waals surface area (Å²) in [5, 5.41) is 0. The zero-order chi connectivity index (χ0) is 13.4. The molecule has 2 N–H and O–H groups in total. The van der Waals surface area contributed by atoms with Gasteiger partial charge in [-0.05, 0) is 55.5 Å². The fraction of sp³-hybridized carbons (Fsp3) is 0.625. The van der Waals surface area contributed by atoms with Crippen molar-refractivity contribution >= 4 is 0 Å². The number of likely N-dealkylation sites (N-methyl/N-ethyl adjacent to an activating group) is 1. The lowest BCUT2D eigenvalue weighted by Gasteiger charge is -2.39. The van der Waals surface area contributed by atoms with Crippen molar-refractivity contribution in [2.75, 3.05) is 13.7 Å². The van der Waals surface area contributed by atoms with Gasteiger partial charge < -0.3 is 10.5 Å².